The van der Waals surface area contributed by atoms with Crippen molar-refractivity contribution in [2.45, 2.75) is 11.7 Å². The van der Waals surface area contributed by atoms with Crippen LogP contribution in [0.4, 0.5) is 5.69 Å². The first-order chi connectivity index (χ1) is 15.1. The lowest BCUT2D eigenvalue weighted by molar-refractivity contribution is -0.113. The second kappa shape index (κ2) is 10.2. The fourth-order valence-electron chi connectivity index (χ4n) is 3.14. The maximum Gasteiger partial charge on any atom is 0.234 e. The molecule has 0 radical (unpaired) electrons. The average molecular weight is 513 g/mol. The Morgan fingerprint density at radius 3 is 2.55 bits per heavy atom. The summed E-state index contributed by atoms with van der Waals surface area (Å²) in [5.41, 5.74) is 3.93. The van der Waals surface area contributed by atoms with E-state index in [0.29, 0.717) is 17.3 Å². The number of nitrogens with one attached hydrogen (secondary N) is 1. The summed E-state index contributed by atoms with van der Waals surface area (Å²) in [6.07, 6.45) is 1.86. The number of anilines is 1. The van der Waals surface area contributed by atoms with Gasteiger partial charge in [-0.05, 0) is 41.5 Å². The van der Waals surface area contributed by atoms with Gasteiger partial charge in [0.1, 0.15) is 0 Å². The quantitative estimate of drug-likeness (QED) is 0.279. The van der Waals surface area contributed by atoms with Gasteiger partial charge in [-0.2, -0.15) is 0 Å². The number of hydrogen-bond acceptors (Lipinski definition) is 3. The van der Waals surface area contributed by atoms with Crippen molar-refractivity contribution >= 4 is 50.9 Å². The molecule has 0 atom stereocenters. The van der Waals surface area contributed by atoms with Crippen LogP contribution in [0.15, 0.2) is 94.7 Å². The lowest BCUT2D eigenvalue weighted by Crippen LogP contribution is -2.14. The minimum Gasteiger partial charge on any atom is -0.325 e. The summed E-state index contributed by atoms with van der Waals surface area (Å²) in [6, 6.07) is 25.5. The van der Waals surface area contributed by atoms with Gasteiger partial charge < -0.3 is 9.88 Å². The van der Waals surface area contributed by atoms with Crippen LogP contribution in [0.25, 0.3) is 11.3 Å². The van der Waals surface area contributed by atoms with Crippen LogP contribution in [0.1, 0.15) is 5.56 Å². The van der Waals surface area contributed by atoms with Crippen molar-refractivity contribution in [1.82, 2.24) is 9.55 Å². The van der Waals surface area contributed by atoms with Crippen LogP contribution in [-0.2, 0) is 11.3 Å². The van der Waals surface area contributed by atoms with E-state index >= 15 is 0 Å². The van der Waals surface area contributed by atoms with Crippen molar-refractivity contribution in [2.75, 3.05) is 11.1 Å². The Hall–Kier alpha value is -2.54. The molecule has 4 aromatic rings. The number of nitrogens with zero attached hydrogens (tertiary/aromatic N) is 2. The molecule has 156 valence electrons. The fraction of sp³-hybridized carbons (Fsp3) is 0.0833. The van der Waals surface area contributed by atoms with E-state index in [4.69, 9.17) is 11.6 Å². The molecule has 0 aliphatic rings. The summed E-state index contributed by atoms with van der Waals surface area (Å²) in [6.45, 7) is 0.671. The van der Waals surface area contributed by atoms with E-state index in [-0.39, 0.29) is 11.7 Å². The molecule has 0 spiro atoms. The van der Waals surface area contributed by atoms with Gasteiger partial charge in [0.25, 0.3) is 0 Å². The SMILES string of the molecule is O=C(CSc1ncc(-c2ccc(Br)cc2)n1Cc1ccccc1)Nc1cccc(Cl)c1. The van der Waals surface area contributed by atoms with Crippen molar-refractivity contribution in [2.24, 2.45) is 0 Å². The molecular formula is C24H19BrClN3OS. The van der Waals surface area contributed by atoms with Gasteiger partial charge in [-0.3, -0.25) is 4.79 Å². The highest BCUT2D eigenvalue weighted by Crippen LogP contribution is 2.28. The molecule has 4 rings (SSSR count). The molecule has 4 nitrogen and oxygen atoms in total. The van der Waals surface area contributed by atoms with Crippen LogP contribution < -0.4 is 5.32 Å². The molecule has 1 N–H and O–H groups in total. The highest BCUT2D eigenvalue weighted by Gasteiger charge is 2.15. The molecule has 31 heavy (non-hydrogen) atoms. The Bertz CT molecular complexity index is 1180. The molecule has 0 unspecified atom stereocenters. The van der Waals surface area contributed by atoms with Crippen LogP contribution in [-0.4, -0.2) is 21.2 Å². The molecule has 0 saturated heterocycles. The normalized spacial score (nSPS) is 10.8. The Balaban J connectivity index is 1.55. The van der Waals surface area contributed by atoms with Crippen molar-refractivity contribution in [1.29, 1.82) is 0 Å². The number of thioether (sulfide) groups is 1. The third-order valence-corrected chi connectivity index (χ3v) is 6.34. The van der Waals surface area contributed by atoms with E-state index in [1.165, 1.54) is 17.3 Å². The van der Waals surface area contributed by atoms with Crippen molar-refractivity contribution in [3.8, 4) is 11.3 Å². The van der Waals surface area contributed by atoms with Crippen molar-refractivity contribution in [3.05, 3.63) is 100 Å². The molecular weight excluding hydrogens is 494 g/mol. The second-order valence-corrected chi connectivity index (χ2v) is 9.15. The minimum absolute atomic E-state index is 0.105. The van der Waals surface area contributed by atoms with E-state index in [1.807, 2.05) is 48.7 Å². The Morgan fingerprint density at radius 2 is 1.81 bits per heavy atom. The number of hydrogen-bond donors (Lipinski definition) is 1. The zero-order chi connectivity index (χ0) is 21.6. The molecule has 0 fully saturated rings. The number of amides is 1. The molecule has 0 aliphatic carbocycles. The van der Waals surface area contributed by atoms with Gasteiger partial charge in [0.05, 0.1) is 24.2 Å². The first-order valence-electron chi connectivity index (χ1n) is 9.62. The summed E-state index contributed by atoms with van der Waals surface area (Å²) in [5, 5.41) is 4.26. The van der Waals surface area contributed by atoms with Gasteiger partial charge in [-0.25, -0.2) is 4.98 Å². The van der Waals surface area contributed by atoms with Crippen LogP contribution in [0.2, 0.25) is 5.02 Å². The summed E-state index contributed by atoms with van der Waals surface area (Å²) < 4.78 is 3.17. The number of rotatable bonds is 7. The maximum atomic E-state index is 12.5. The smallest absolute Gasteiger partial charge is 0.234 e. The van der Waals surface area contributed by atoms with Crippen LogP contribution >= 0.6 is 39.3 Å². The lowest BCUT2D eigenvalue weighted by Gasteiger charge is -2.12. The zero-order valence-electron chi connectivity index (χ0n) is 16.5. The summed E-state index contributed by atoms with van der Waals surface area (Å²) >= 11 is 10.9. The molecule has 7 heteroatoms. The molecule has 3 aromatic carbocycles. The summed E-state index contributed by atoms with van der Waals surface area (Å²) in [7, 11) is 0. The average Bonchev–Trinajstić information content (AvgIpc) is 3.16. The molecule has 1 heterocycles. The highest BCUT2D eigenvalue weighted by atomic mass is 79.9. The van der Waals surface area contributed by atoms with Gasteiger partial charge in [-0.15, -0.1) is 0 Å². The van der Waals surface area contributed by atoms with E-state index in [9.17, 15) is 4.79 Å². The zero-order valence-corrected chi connectivity index (χ0v) is 19.6. The molecule has 1 amide bonds. The van der Waals surface area contributed by atoms with Gasteiger partial charge in [0.15, 0.2) is 5.16 Å². The monoisotopic (exact) mass is 511 g/mol. The lowest BCUT2D eigenvalue weighted by atomic mass is 10.1. The summed E-state index contributed by atoms with van der Waals surface area (Å²) in [5.74, 6) is 0.143. The van der Waals surface area contributed by atoms with E-state index < -0.39 is 0 Å². The van der Waals surface area contributed by atoms with Crippen LogP contribution in [0.3, 0.4) is 0 Å². The van der Waals surface area contributed by atoms with Crippen molar-refractivity contribution < 1.29 is 4.79 Å². The van der Waals surface area contributed by atoms with Crippen molar-refractivity contribution in [3.63, 3.8) is 0 Å². The first-order valence-corrected chi connectivity index (χ1v) is 11.8. The molecule has 1 aromatic heterocycles. The minimum atomic E-state index is -0.105. The number of halogens is 2. The first kappa shape index (κ1) is 21.7. The molecule has 0 saturated carbocycles. The Labute approximate surface area is 198 Å². The van der Waals surface area contributed by atoms with Gasteiger partial charge in [0, 0.05) is 15.2 Å². The third-order valence-electron chi connectivity index (χ3n) is 4.58. The summed E-state index contributed by atoms with van der Waals surface area (Å²) in [4.78, 5) is 17.1. The Morgan fingerprint density at radius 1 is 1.03 bits per heavy atom. The van der Waals surface area contributed by atoms with Gasteiger partial charge in [-0.1, -0.05) is 87.8 Å². The molecule has 0 bridgehead atoms. The van der Waals surface area contributed by atoms with Gasteiger partial charge in [0.2, 0.25) is 5.91 Å². The third kappa shape index (κ3) is 5.79. The predicted octanol–water partition coefficient (Wildman–Crippen LogP) is 6.75. The fourth-order valence-corrected chi connectivity index (χ4v) is 4.37. The second-order valence-electron chi connectivity index (χ2n) is 6.85. The van der Waals surface area contributed by atoms with E-state index in [2.05, 4.69) is 55.1 Å². The number of aromatic nitrogens is 2. The van der Waals surface area contributed by atoms with E-state index in [0.717, 1.165) is 20.9 Å². The van der Waals surface area contributed by atoms with E-state index in [1.54, 1.807) is 12.1 Å². The number of benzene rings is 3. The van der Waals surface area contributed by atoms with Crippen LogP contribution in [0, 0.1) is 0 Å². The number of imidazole rings is 1. The number of carbonyl (C=O) groups is 1. The maximum absolute atomic E-state index is 12.5. The molecule has 0 aliphatic heterocycles. The van der Waals surface area contributed by atoms with Crippen LogP contribution in [0.5, 0.6) is 0 Å². The topological polar surface area (TPSA) is 46.9 Å². The largest absolute Gasteiger partial charge is 0.325 e. The number of carbonyl (C=O) groups excluding carboxylic acids is 1. The standard InChI is InChI=1S/C24H19BrClN3OS/c25-19-11-9-18(10-12-19)22-14-27-24(29(22)15-17-5-2-1-3-6-17)31-16-23(30)28-21-8-4-7-20(26)13-21/h1-14H,15-16H2,(H,28,30). The predicted molar refractivity (Wildman–Crippen MR) is 132 cm³/mol. The Kier molecular flexibility index (Phi) is 7.12. The highest BCUT2D eigenvalue weighted by molar-refractivity contribution is 9.10. The van der Waals surface area contributed by atoms with Gasteiger partial charge >= 0.3 is 0 Å².